The van der Waals surface area contributed by atoms with Gasteiger partial charge in [-0.25, -0.2) is 9.48 Å². The fourth-order valence-electron chi connectivity index (χ4n) is 2.21. The first-order valence-electron chi connectivity index (χ1n) is 7.58. The van der Waals surface area contributed by atoms with Gasteiger partial charge in [-0.15, -0.1) is 5.10 Å². The highest BCUT2D eigenvalue weighted by atomic mass is 35.5. The summed E-state index contributed by atoms with van der Waals surface area (Å²) in [6.07, 6.45) is 1.75. The van der Waals surface area contributed by atoms with Crippen LogP contribution in [-0.2, 0) is 17.9 Å². The van der Waals surface area contributed by atoms with Gasteiger partial charge < -0.3 is 9.47 Å². The minimum absolute atomic E-state index is 0.0596. The molecule has 0 amide bonds. The van der Waals surface area contributed by atoms with Gasteiger partial charge in [0.15, 0.2) is 0 Å². The summed E-state index contributed by atoms with van der Waals surface area (Å²) in [4.78, 5) is 12.0. The molecule has 0 aliphatic rings. The molecular formula is C18H16ClN3O3. The maximum atomic E-state index is 12.0. The summed E-state index contributed by atoms with van der Waals surface area (Å²) in [6, 6.07) is 14.2. The summed E-state index contributed by atoms with van der Waals surface area (Å²) >= 11 is 5.80. The summed E-state index contributed by atoms with van der Waals surface area (Å²) in [5.74, 6) is 0.374. The number of carbonyl (C=O) groups is 1. The molecule has 0 saturated heterocycles. The molecule has 25 heavy (non-hydrogen) atoms. The van der Waals surface area contributed by atoms with E-state index in [1.54, 1.807) is 42.3 Å². The van der Waals surface area contributed by atoms with Gasteiger partial charge in [-0.05, 0) is 42.0 Å². The molecule has 0 fully saturated rings. The second kappa shape index (κ2) is 7.81. The van der Waals surface area contributed by atoms with E-state index in [2.05, 4.69) is 10.3 Å². The molecule has 0 radical (unpaired) electrons. The maximum absolute atomic E-state index is 12.0. The molecule has 0 bridgehead atoms. The predicted molar refractivity (Wildman–Crippen MR) is 92.7 cm³/mol. The Balaban J connectivity index is 1.56. The standard InChI is InChI=1S/C18H16ClN3O3/c1-24-17-8-2-13(3-9-17)10-22-11-16(20-21-22)12-25-18(23)14-4-6-15(19)7-5-14/h2-9,11H,10,12H2,1H3. The number of methoxy groups -OCH3 is 1. The van der Waals surface area contributed by atoms with Gasteiger partial charge in [0.2, 0.25) is 0 Å². The van der Waals surface area contributed by atoms with E-state index in [0.29, 0.717) is 22.8 Å². The highest BCUT2D eigenvalue weighted by molar-refractivity contribution is 6.30. The van der Waals surface area contributed by atoms with E-state index in [0.717, 1.165) is 11.3 Å². The van der Waals surface area contributed by atoms with Crippen molar-refractivity contribution in [2.45, 2.75) is 13.2 Å². The molecular weight excluding hydrogens is 342 g/mol. The summed E-state index contributed by atoms with van der Waals surface area (Å²) in [6.45, 7) is 0.631. The van der Waals surface area contributed by atoms with Gasteiger partial charge in [-0.1, -0.05) is 28.9 Å². The van der Waals surface area contributed by atoms with Crippen LogP contribution in [0.2, 0.25) is 5.02 Å². The average Bonchev–Trinajstić information content (AvgIpc) is 3.08. The van der Waals surface area contributed by atoms with Gasteiger partial charge in [0.25, 0.3) is 0 Å². The van der Waals surface area contributed by atoms with Crippen molar-refractivity contribution in [3.8, 4) is 5.75 Å². The van der Waals surface area contributed by atoms with Crippen molar-refractivity contribution in [1.82, 2.24) is 15.0 Å². The quantitative estimate of drug-likeness (QED) is 0.633. The molecule has 0 N–H and O–H groups in total. The van der Waals surface area contributed by atoms with Crippen LogP contribution in [0.4, 0.5) is 0 Å². The number of rotatable bonds is 6. The number of ether oxygens (including phenoxy) is 2. The number of halogens is 1. The minimum Gasteiger partial charge on any atom is -0.497 e. The molecule has 3 rings (SSSR count). The summed E-state index contributed by atoms with van der Waals surface area (Å²) < 4.78 is 12.1. The predicted octanol–water partition coefficient (Wildman–Crippen LogP) is 3.35. The van der Waals surface area contributed by atoms with Crippen molar-refractivity contribution in [3.05, 3.63) is 76.6 Å². The Hall–Kier alpha value is -2.86. The van der Waals surface area contributed by atoms with Crippen LogP contribution < -0.4 is 4.74 Å². The lowest BCUT2D eigenvalue weighted by Crippen LogP contribution is -2.05. The first-order valence-corrected chi connectivity index (χ1v) is 7.96. The Morgan fingerprint density at radius 3 is 2.52 bits per heavy atom. The summed E-state index contributed by atoms with van der Waals surface area (Å²) in [5, 5.41) is 8.63. The summed E-state index contributed by atoms with van der Waals surface area (Å²) in [7, 11) is 1.63. The van der Waals surface area contributed by atoms with Crippen molar-refractivity contribution < 1.29 is 14.3 Å². The SMILES string of the molecule is COc1ccc(Cn2cc(COC(=O)c3ccc(Cl)cc3)nn2)cc1. The zero-order chi connectivity index (χ0) is 17.6. The van der Waals surface area contributed by atoms with Crippen LogP contribution in [0.15, 0.2) is 54.7 Å². The van der Waals surface area contributed by atoms with E-state index in [1.165, 1.54) is 0 Å². The molecule has 0 atom stereocenters. The highest BCUT2D eigenvalue weighted by Gasteiger charge is 2.09. The van der Waals surface area contributed by atoms with Crippen molar-refractivity contribution in [3.63, 3.8) is 0 Å². The number of benzene rings is 2. The monoisotopic (exact) mass is 357 g/mol. The fraction of sp³-hybridized carbons (Fsp3) is 0.167. The molecule has 0 spiro atoms. The molecule has 0 aliphatic heterocycles. The lowest BCUT2D eigenvalue weighted by Gasteiger charge is -2.03. The lowest BCUT2D eigenvalue weighted by atomic mass is 10.2. The second-order valence-electron chi connectivity index (χ2n) is 5.34. The first-order chi connectivity index (χ1) is 12.1. The van der Waals surface area contributed by atoms with Gasteiger partial charge in [-0.2, -0.15) is 0 Å². The molecule has 2 aromatic carbocycles. The molecule has 128 valence electrons. The van der Waals surface area contributed by atoms with Crippen molar-refractivity contribution in [1.29, 1.82) is 0 Å². The zero-order valence-electron chi connectivity index (χ0n) is 13.6. The third-order valence-electron chi connectivity index (χ3n) is 3.52. The zero-order valence-corrected chi connectivity index (χ0v) is 14.3. The third-order valence-corrected chi connectivity index (χ3v) is 3.77. The van der Waals surface area contributed by atoms with Crippen LogP contribution in [0.3, 0.4) is 0 Å². The number of hydrogen-bond donors (Lipinski definition) is 0. The topological polar surface area (TPSA) is 66.2 Å². The first kappa shape index (κ1) is 17.0. The van der Waals surface area contributed by atoms with Gasteiger partial charge >= 0.3 is 5.97 Å². The van der Waals surface area contributed by atoms with E-state index < -0.39 is 5.97 Å². The van der Waals surface area contributed by atoms with Crippen LogP contribution in [0.25, 0.3) is 0 Å². The number of hydrogen-bond acceptors (Lipinski definition) is 5. The Morgan fingerprint density at radius 2 is 1.84 bits per heavy atom. The molecule has 3 aromatic rings. The van der Waals surface area contributed by atoms with Crippen LogP contribution in [0.5, 0.6) is 5.75 Å². The van der Waals surface area contributed by atoms with Crippen LogP contribution >= 0.6 is 11.6 Å². The molecule has 1 aromatic heterocycles. The van der Waals surface area contributed by atoms with Gasteiger partial charge in [-0.3, -0.25) is 0 Å². The number of carbonyl (C=O) groups excluding carboxylic acids is 1. The van der Waals surface area contributed by atoms with Gasteiger partial charge in [0, 0.05) is 5.02 Å². The average molecular weight is 358 g/mol. The lowest BCUT2D eigenvalue weighted by molar-refractivity contribution is 0.0467. The molecule has 7 heteroatoms. The van der Waals surface area contributed by atoms with Crippen LogP contribution in [0, 0.1) is 0 Å². The smallest absolute Gasteiger partial charge is 0.338 e. The largest absolute Gasteiger partial charge is 0.497 e. The number of esters is 1. The van der Waals surface area contributed by atoms with Gasteiger partial charge in [0.1, 0.15) is 18.1 Å². The maximum Gasteiger partial charge on any atom is 0.338 e. The van der Waals surface area contributed by atoms with Crippen LogP contribution in [0.1, 0.15) is 21.6 Å². The van der Waals surface area contributed by atoms with Crippen molar-refractivity contribution >= 4 is 17.6 Å². The molecule has 0 aliphatic carbocycles. The highest BCUT2D eigenvalue weighted by Crippen LogP contribution is 2.13. The number of aromatic nitrogens is 3. The Labute approximate surface area is 149 Å². The minimum atomic E-state index is -0.429. The Kier molecular flexibility index (Phi) is 5.30. The van der Waals surface area contributed by atoms with E-state index in [1.807, 2.05) is 24.3 Å². The molecule has 1 heterocycles. The molecule has 0 saturated carbocycles. The van der Waals surface area contributed by atoms with E-state index in [4.69, 9.17) is 21.1 Å². The normalized spacial score (nSPS) is 10.5. The number of nitrogens with zero attached hydrogens (tertiary/aromatic N) is 3. The Bertz CT molecular complexity index is 845. The van der Waals surface area contributed by atoms with E-state index >= 15 is 0 Å². The summed E-state index contributed by atoms with van der Waals surface area (Å²) in [5.41, 5.74) is 2.08. The molecule has 6 nitrogen and oxygen atoms in total. The van der Waals surface area contributed by atoms with E-state index in [9.17, 15) is 4.79 Å². The van der Waals surface area contributed by atoms with Gasteiger partial charge in [0.05, 0.1) is 25.4 Å². The van der Waals surface area contributed by atoms with Crippen molar-refractivity contribution in [2.24, 2.45) is 0 Å². The molecule has 0 unspecified atom stereocenters. The Morgan fingerprint density at radius 1 is 1.12 bits per heavy atom. The second-order valence-corrected chi connectivity index (χ2v) is 5.77. The van der Waals surface area contributed by atoms with Crippen LogP contribution in [-0.4, -0.2) is 28.1 Å². The fourth-order valence-corrected chi connectivity index (χ4v) is 2.33. The van der Waals surface area contributed by atoms with E-state index in [-0.39, 0.29) is 6.61 Å². The van der Waals surface area contributed by atoms with Crippen molar-refractivity contribution in [2.75, 3.05) is 7.11 Å². The third kappa shape index (κ3) is 4.58.